The van der Waals surface area contributed by atoms with Gasteiger partial charge in [0.25, 0.3) is 0 Å². The summed E-state index contributed by atoms with van der Waals surface area (Å²) < 4.78 is 71.4. The molecule has 0 spiro atoms. The second-order valence-corrected chi connectivity index (χ2v) is 9.03. The number of fused-ring (bicyclic) bond motifs is 1. The number of carbonyl (C=O) groups is 1. The van der Waals surface area contributed by atoms with Crippen LogP contribution in [0, 0.1) is 12.7 Å². The lowest BCUT2D eigenvalue weighted by Crippen LogP contribution is -2.21. The van der Waals surface area contributed by atoms with Crippen molar-refractivity contribution in [2.24, 2.45) is 9.50 Å². The Labute approximate surface area is 169 Å². The average molecular weight is 446 g/mol. The topological polar surface area (TPSA) is 115 Å². The van der Waals surface area contributed by atoms with Crippen molar-refractivity contribution in [3.8, 4) is 0 Å². The van der Waals surface area contributed by atoms with Crippen molar-refractivity contribution in [1.29, 1.82) is 0 Å². The zero-order valence-electron chi connectivity index (χ0n) is 15.8. The van der Waals surface area contributed by atoms with Crippen LogP contribution in [0.1, 0.15) is 47.8 Å². The van der Waals surface area contributed by atoms with Crippen molar-refractivity contribution in [2.75, 3.05) is 5.32 Å². The number of hydrogen-bond donors (Lipinski definition) is 2. The van der Waals surface area contributed by atoms with E-state index >= 15 is 0 Å². The van der Waals surface area contributed by atoms with E-state index in [-0.39, 0.29) is 23.0 Å². The van der Waals surface area contributed by atoms with Gasteiger partial charge in [-0.1, -0.05) is 0 Å². The second kappa shape index (κ2) is 7.01. The number of carbonyl (C=O) groups excluding carboxylic acids is 1. The van der Waals surface area contributed by atoms with E-state index in [4.69, 9.17) is 5.14 Å². The van der Waals surface area contributed by atoms with E-state index in [0.29, 0.717) is 24.8 Å². The normalized spacial score (nSPS) is 18.1. The van der Waals surface area contributed by atoms with Crippen LogP contribution in [0.25, 0.3) is 0 Å². The van der Waals surface area contributed by atoms with Crippen LogP contribution in [0.15, 0.2) is 15.6 Å². The molecule has 1 atom stereocenters. The number of nitrogens with two attached hydrogens (primary N) is 1. The molecule has 0 unspecified atom stereocenters. The summed E-state index contributed by atoms with van der Waals surface area (Å²) in [6.45, 7) is 1.18. The van der Waals surface area contributed by atoms with Crippen molar-refractivity contribution in [3.63, 3.8) is 0 Å². The third-order valence-corrected chi connectivity index (χ3v) is 6.31. The number of alkyl halides is 3. The minimum absolute atomic E-state index is 0.0138. The quantitative estimate of drug-likeness (QED) is 0.702. The molecule has 8 nitrogen and oxygen atoms in total. The molecular formula is C17H18F4N6O2S. The first-order chi connectivity index (χ1) is 14.0. The highest BCUT2D eigenvalue weighted by atomic mass is 32.2. The Balaban J connectivity index is 1.69. The Hall–Kier alpha value is -2.54. The molecule has 4 rings (SSSR count). The van der Waals surface area contributed by atoms with Crippen LogP contribution in [-0.4, -0.2) is 25.0 Å². The maximum absolute atomic E-state index is 14.1. The minimum atomic E-state index is -4.71. The number of pyridine rings is 1. The van der Waals surface area contributed by atoms with E-state index in [1.165, 1.54) is 11.6 Å². The zero-order valence-corrected chi connectivity index (χ0v) is 16.6. The summed E-state index contributed by atoms with van der Waals surface area (Å²) in [5.74, 6) is -0.966. The molecule has 2 aliphatic carbocycles. The van der Waals surface area contributed by atoms with E-state index in [9.17, 15) is 26.6 Å². The molecule has 1 saturated carbocycles. The molecule has 2 aromatic heterocycles. The van der Waals surface area contributed by atoms with Gasteiger partial charge in [0.15, 0.2) is 15.7 Å². The number of aromatic nitrogens is 3. The van der Waals surface area contributed by atoms with Gasteiger partial charge in [-0.3, -0.25) is 4.68 Å². The third-order valence-electron chi connectivity index (χ3n) is 5.04. The Bertz CT molecular complexity index is 1160. The molecule has 2 aliphatic rings. The fraction of sp³-hybridized carbons (Fsp3) is 0.471. The van der Waals surface area contributed by atoms with E-state index in [2.05, 4.69) is 19.8 Å². The Kier molecular flexibility index (Phi) is 4.84. The molecule has 0 aromatic carbocycles. The lowest BCUT2D eigenvalue weighted by Gasteiger charge is -2.17. The molecule has 3 N–H and O–H groups in total. The maximum Gasteiger partial charge on any atom is 0.433 e. The van der Waals surface area contributed by atoms with E-state index in [1.54, 1.807) is 0 Å². The minimum Gasteiger partial charge on any atom is -0.305 e. The number of nitrogens with zero attached hydrogens (tertiary/aromatic N) is 4. The number of halogens is 4. The number of aryl methyl sites for hydroxylation is 1. The molecule has 0 saturated heterocycles. The fourth-order valence-corrected chi connectivity index (χ4v) is 4.42. The molecule has 162 valence electrons. The van der Waals surface area contributed by atoms with E-state index in [1.807, 2.05) is 0 Å². The molecule has 2 amide bonds. The number of anilines is 1. The standard InChI is InChI=1S/C17H18F4N6O2S/c1-8-13(10-3-2-4-12(10)23-14(8)17(19,20)21)24-16(28)26-30(22,29)15-11(18)7-27(25-15)9-5-6-9/h7,9H,2-6H2,1H3,(H3,22,23,24,26,28,29)/t30-/m1/s1. The predicted molar refractivity (Wildman–Crippen MR) is 98.5 cm³/mol. The Morgan fingerprint density at radius 2 is 2.07 bits per heavy atom. The fourth-order valence-electron chi connectivity index (χ4n) is 3.50. The molecule has 0 aliphatic heterocycles. The zero-order chi connectivity index (χ0) is 21.8. The first-order valence-electron chi connectivity index (χ1n) is 9.17. The first-order valence-corrected chi connectivity index (χ1v) is 10.8. The summed E-state index contributed by atoms with van der Waals surface area (Å²) in [6, 6.07) is -1.26. The monoisotopic (exact) mass is 446 g/mol. The van der Waals surface area contributed by atoms with Gasteiger partial charge < -0.3 is 5.32 Å². The lowest BCUT2D eigenvalue weighted by molar-refractivity contribution is -0.141. The predicted octanol–water partition coefficient (Wildman–Crippen LogP) is 3.50. The maximum atomic E-state index is 14.1. The third kappa shape index (κ3) is 3.78. The SMILES string of the molecule is Cc1c(C(F)(F)F)nc2c(c1NC(=O)N=[S@@](N)(=O)c1nn(C3CC3)cc1F)CCC2. The largest absolute Gasteiger partial charge is 0.433 e. The number of hydrogen-bond acceptors (Lipinski definition) is 4. The van der Waals surface area contributed by atoms with Gasteiger partial charge in [0, 0.05) is 11.3 Å². The number of amides is 2. The molecule has 13 heteroatoms. The molecule has 0 radical (unpaired) electrons. The highest BCUT2D eigenvalue weighted by Crippen LogP contribution is 2.39. The number of nitrogens with one attached hydrogen (secondary N) is 1. The van der Waals surface area contributed by atoms with Crippen LogP contribution in [0.4, 0.5) is 28.0 Å². The van der Waals surface area contributed by atoms with Gasteiger partial charge in [-0.05, 0) is 44.6 Å². The summed E-state index contributed by atoms with van der Waals surface area (Å²) in [5.41, 5.74) is -0.763. The van der Waals surface area contributed by atoms with Gasteiger partial charge in [0.1, 0.15) is 5.69 Å². The van der Waals surface area contributed by atoms with Crippen LogP contribution in [0.3, 0.4) is 0 Å². The van der Waals surface area contributed by atoms with Crippen LogP contribution in [0.5, 0.6) is 0 Å². The van der Waals surface area contributed by atoms with E-state index < -0.39 is 38.7 Å². The van der Waals surface area contributed by atoms with Gasteiger partial charge in [-0.25, -0.2) is 23.5 Å². The van der Waals surface area contributed by atoms with Crippen LogP contribution < -0.4 is 10.5 Å². The van der Waals surface area contributed by atoms with Crippen molar-refractivity contribution in [3.05, 3.63) is 34.5 Å². The summed E-state index contributed by atoms with van der Waals surface area (Å²) >= 11 is 0. The van der Waals surface area contributed by atoms with Gasteiger partial charge >= 0.3 is 12.2 Å². The van der Waals surface area contributed by atoms with Crippen molar-refractivity contribution in [2.45, 2.75) is 56.3 Å². The van der Waals surface area contributed by atoms with Crippen molar-refractivity contribution in [1.82, 2.24) is 14.8 Å². The number of urea groups is 1. The highest BCUT2D eigenvalue weighted by Gasteiger charge is 2.38. The molecule has 30 heavy (non-hydrogen) atoms. The second-order valence-electron chi connectivity index (χ2n) is 7.32. The van der Waals surface area contributed by atoms with Crippen LogP contribution in [0.2, 0.25) is 0 Å². The van der Waals surface area contributed by atoms with Crippen molar-refractivity contribution < 1.29 is 26.6 Å². The van der Waals surface area contributed by atoms with Gasteiger partial charge in [0.05, 0.1) is 17.9 Å². The van der Waals surface area contributed by atoms with Gasteiger partial charge in [-0.2, -0.15) is 18.3 Å². The summed E-state index contributed by atoms with van der Waals surface area (Å²) in [7, 11) is -4.04. The number of rotatable bonds is 3. The summed E-state index contributed by atoms with van der Waals surface area (Å²) in [5, 5.41) is 11.0. The molecule has 0 bridgehead atoms. The smallest absolute Gasteiger partial charge is 0.305 e. The molecule has 2 heterocycles. The lowest BCUT2D eigenvalue weighted by atomic mass is 10.1. The molecular weight excluding hydrogens is 428 g/mol. The highest BCUT2D eigenvalue weighted by molar-refractivity contribution is 7.91. The van der Waals surface area contributed by atoms with Crippen LogP contribution >= 0.6 is 0 Å². The van der Waals surface area contributed by atoms with Crippen molar-refractivity contribution >= 4 is 21.6 Å². The Morgan fingerprint density at radius 1 is 1.37 bits per heavy atom. The summed E-state index contributed by atoms with van der Waals surface area (Å²) in [4.78, 5) is 16.1. The van der Waals surface area contributed by atoms with Crippen LogP contribution in [-0.2, 0) is 28.9 Å². The van der Waals surface area contributed by atoms with Gasteiger partial charge in [-0.15, -0.1) is 4.36 Å². The van der Waals surface area contributed by atoms with Gasteiger partial charge in [0.2, 0.25) is 5.03 Å². The molecule has 2 aromatic rings. The van der Waals surface area contributed by atoms with E-state index in [0.717, 1.165) is 19.0 Å². The first kappa shape index (κ1) is 20.7. The Morgan fingerprint density at radius 3 is 2.70 bits per heavy atom. The average Bonchev–Trinajstić information content (AvgIpc) is 3.22. The molecule has 1 fully saturated rings. The summed E-state index contributed by atoms with van der Waals surface area (Å²) in [6.07, 6.45) is -0.747.